The molecule has 1 N–H and O–H groups in total. The van der Waals surface area contributed by atoms with E-state index < -0.39 is 0 Å². The maximum absolute atomic E-state index is 3.54. The predicted molar refractivity (Wildman–Crippen MR) is 159 cm³/mol. The summed E-state index contributed by atoms with van der Waals surface area (Å²) in [7, 11) is 0. The normalized spacial score (nSPS) is 13.0. The van der Waals surface area contributed by atoms with Crippen molar-refractivity contribution in [1.82, 2.24) is 0 Å². The minimum Gasteiger partial charge on any atom is -0.356 e. The lowest BCUT2D eigenvalue weighted by Crippen LogP contribution is -1.94. The Bertz CT molecular complexity index is 1520. The SMILES string of the molecule is C1=C(c2ccc(Nc3ccc(-c4ccc(-c5ccccc5)cc4)cc3)cc2)C=C(c2ccccc2)CC1. The molecule has 37 heavy (non-hydrogen) atoms. The minimum atomic E-state index is 1.08. The van der Waals surface area contributed by atoms with E-state index in [1.807, 2.05) is 0 Å². The van der Waals surface area contributed by atoms with Crippen LogP contribution in [-0.2, 0) is 0 Å². The fraction of sp³-hybridized carbons (Fsp3) is 0.0556. The topological polar surface area (TPSA) is 12.0 Å². The minimum absolute atomic E-state index is 1.08. The molecule has 1 aliphatic rings. The first-order chi connectivity index (χ1) is 18.3. The summed E-state index contributed by atoms with van der Waals surface area (Å²) in [4.78, 5) is 0. The van der Waals surface area contributed by atoms with E-state index in [0.717, 1.165) is 24.2 Å². The van der Waals surface area contributed by atoms with Gasteiger partial charge in [-0.2, -0.15) is 0 Å². The predicted octanol–water partition coefficient (Wildman–Crippen LogP) is 10.0. The highest BCUT2D eigenvalue weighted by Crippen LogP contribution is 2.32. The van der Waals surface area contributed by atoms with Crippen LogP contribution >= 0.6 is 0 Å². The number of hydrogen-bond donors (Lipinski definition) is 1. The van der Waals surface area contributed by atoms with Gasteiger partial charge >= 0.3 is 0 Å². The third-order valence-electron chi connectivity index (χ3n) is 6.97. The second kappa shape index (κ2) is 10.6. The van der Waals surface area contributed by atoms with E-state index in [2.05, 4.69) is 151 Å². The molecule has 0 unspecified atom stereocenters. The lowest BCUT2D eigenvalue weighted by atomic mass is 9.91. The van der Waals surface area contributed by atoms with Crippen LogP contribution in [0.3, 0.4) is 0 Å². The second-order valence-electron chi connectivity index (χ2n) is 9.46. The van der Waals surface area contributed by atoms with E-state index >= 15 is 0 Å². The van der Waals surface area contributed by atoms with Crippen molar-refractivity contribution in [2.75, 3.05) is 5.32 Å². The lowest BCUT2D eigenvalue weighted by Gasteiger charge is -2.15. The van der Waals surface area contributed by atoms with Crippen LogP contribution in [0.15, 0.2) is 146 Å². The van der Waals surface area contributed by atoms with Crippen molar-refractivity contribution in [1.29, 1.82) is 0 Å². The zero-order valence-electron chi connectivity index (χ0n) is 20.8. The summed E-state index contributed by atoms with van der Waals surface area (Å²) in [5, 5.41) is 3.54. The Hall–Kier alpha value is -4.62. The molecule has 0 saturated heterocycles. The number of anilines is 2. The smallest absolute Gasteiger partial charge is 0.0384 e. The summed E-state index contributed by atoms with van der Waals surface area (Å²) in [5.74, 6) is 0. The fourth-order valence-corrected chi connectivity index (χ4v) is 4.93. The van der Waals surface area contributed by atoms with E-state index in [4.69, 9.17) is 0 Å². The molecule has 0 bridgehead atoms. The second-order valence-corrected chi connectivity index (χ2v) is 9.46. The van der Waals surface area contributed by atoms with Gasteiger partial charge in [0, 0.05) is 11.4 Å². The Balaban J connectivity index is 1.12. The standard InChI is InChI=1S/C36H29N/c1-3-8-27(9-4-1)29-14-16-30(17-15-29)31-18-22-35(23-19-31)37-36-24-20-32(21-25-36)34-13-7-12-33(26-34)28-10-5-2-6-11-28/h1-6,8-11,13-26,37H,7,12H2. The quantitative estimate of drug-likeness (QED) is 0.258. The van der Waals surface area contributed by atoms with Crippen LogP contribution in [0.2, 0.25) is 0 Å². The Morgan fingerprint density at radius 1 is 0.405 bits per heavy atom. The van der Waals surface area contributed by atoms with E-state index in [1.54, 1.807) is 0 Å². The lowest BCUT2D eigenvalue weighted by molar-refractivity contribution is 1.06. The maximum atomic E-state index is 3.54. The number of hydrogen-bond acceptors (Lipinski definition) is 1. The van der Waals surface area contributed by atoms with Crippen molar-refractivity contribution in [3.63, 3.8) is 0 Å². The zero-order chi connectivity index (χ0) is 24.9. The van der Waals surface area contributed by atoms with Gasteiger partial charge in [0.25, 0.3) is 0 Å². The van der Waals surface area contributed by atoms with Crippen LogP contribution in [0, 0.1) is 0 Å². The van der Waals surface area contributed by atoms with Crippen molar-refractivity contribution in [3.05, 3.63) is 157 Å². The molecule has 1 aliphatic carbocycles. The van der Waals surface area contributed by atoms with Gasteiger partial charge in [-0.25, -0.2) is 0 Å². The van der Waals surface area contributed by atoms with Crippen molar-refractivity contribution >= 4 is 22.5 Å². The summed E-state index contributed by atoms with van der Waals surface area (Å²) >= 11 is 0. The van der Waals surface area contributed by atoms with Gasteiger partial charge in [0.2, 0.25) is 0 Å². The molecule has 6 rings (SSSR count). The Kier molecular flexibility index (Phi) is 6.51. The molecule has 178 valence electrons. The van der Waals surface area contributed by atoms with Crippen molar-refractivity contribution < 1.29 is 0 Å². The van der Waals surface area contributed by atoms with Gasteiger partial charge in [0.1, 0.15) is 0 Å². The van der Waals surface area contributed by atoms with Gasteiger partial charge in [-0.05, 0) is 81.6 Å². The molecule has 0 aromatic heterocycles. The summed E-state index contributed by atoms with van der Waals surface area (Å²) in [6.07, 6.45) is 6.87. The molecule has 0 atom stereocenters. The highest BCUT2D eigenvalue weighted by Gasteiger charge is 2.09. The molecule has 0 spiro atoms. The van der Waals surface area contributed by atoms with Gasteiger partial charge in [-0.15, -0.1) is 0 Å². The molecule has 0 saturated carbocycles. The molecule has 1 heteroatoms. The highest BCUT2D eigenvalue weighted by atomic mass is 14.9. The van der Waals surface area contributed by atoms with Crippen molar-refractivity contribution in [3.8, 4) is 22.3 Å². The first kappa shape index (κ1) is 22.8. The van der Waals surface area contributed by atoms with Gasteiger partial charge in [-0.3, -0.25) is 0 Å². The summed E-state index contributed by atoms with van der Waals surface area (Å²) < 4.78 is 0. The first-order valence-corrected chi connectivity index (χ1v) is 12.9. The number of nitrogens with one attached hydrogen (secondary N) is 1. The Morgan fingerprint density at radius 3 is 1.38 bits per heavy atom. The molecule has 0 radical (unpaired) electrons. The molecular weight excluding hydrogens is 446 g/mol. The highest BCUT2D eigenvalue weighted by molar-refractivity contribution is 5.86. The average molecular weight is 476 g/mol. The molecule has 0 aliphatic heterocycles. The van der Waals surface area contributed by atoms with Crippen LogP contribution < -0.4 is 5.32 Å². The number of rotatable bonds is 6. The van der Waals surface area contributed by atoms with Crippen LogP contribution in [0.5, 0.6) is 0 Å². The Morgan fingerprint density at radius 2 is 0.838 bits per heavy atom. The monoisotopic (exact) mass is 475 g/mol. The van der Waals surface area contributed by atoms with Crippen LogP contribution in [0.25, 0.3) is 33.4 Å². The summed E-state index contributed by atoms with van der Waals surface area (Å²) in [5.41, 5.74) is 12.4. The molecule has 0 fully saturated rings. The van der Waals surface area contributed by atoms with Gasteiger partial charge < -0.3 is 5.32 Å². The summed E-state index contributed by atoms with van der Waals surface area (Å²) in [6.45, 7) is 0. The first-order valence-electron chi connectivity index (χ1n) is 12.9. The van der Waals surface area contributed by atoms with E-state index in [1.165, 1.54) is 44.5 Å². The van der Waals surface area contributed by atoms with Gasteiger partial charge in [0.05, 0.1) is 0 Å². The van der Waals surface area contributed by atoms with Crippen LogP contribution in [0.1, 0.15) is 24.0 Å². The number of benzene rings is 5. The van der Waals surface area contributed by atoms with E-state index in [0.29, 0.717) is 0 Å². The third-order valence-corrected chi connectivity index (χ3v) is 6.97. The molecule has 5 aromatic rings. The van der Waals surface area contributed by atoms with E-state index in [9.17, 15) is 0 Å². The molecular formula is C36H29N. The third kappa shape index (κ3) is 5.32. The van der Waals surface area contributed by atoms with Crippen molar-refractivity contribution in [2.45, 2.75) is 12.8 Å². The maximum Gasteiger partial charge on any atom is 0.0384 e. The Labute approximate surface area is 219 Å². The average Bonchev–Trinajstić information content (AvgIpc) is 2.99. The fourth-order valence-electron chi connectivity index (χ4n) is 4.93. The van der Waals surface area contributed by atoms with Crippen LogP contribution in [0.4, 0.5) is 11.4 Å². The molecule has 0 amide bonds. The molecule has 1 nitrogen and oxygen atoms in total. The molecule has 0 heterocycles. The van der Waals surface area contributed by atoms with Crippen LogP contribution in [-0.4, -0.2) is 0 Å². The summed E-state index contributed by atoms with van der Waals surface area (Å²) in [6, 6.07) is 47.4. The van der Waals surface area contributed by atoms with Crippen molar-refractivity contribution in [2.24, 2.45) is 0 Å². The molecule has 5 aromatic carbocycles. The largest absolute Gasteiger partial charge is 0.356 e. The number of allylic oxidation sites excluding steroid dienone is 4. The van der Waals surface area contributed by atoms with Gasteiger partial charge in [0.15, 0.2) is 0 Å². The van der Waals surface area contributed by atoms with Gasteiger partial charge in [-0.1, -0.05) is 121 Å². The zero-order valence-corrected chi connectivity index (χ0v) is 20.8. The van der Waals surface area contributed by atoms with E-state index in [-0.39, 0.29) is 0 Å².